The van der Waals surface area contributed by atoms with Crippen LogP contribution in [-0.4, -0.2) is 24.2 Å². The monoisotopic (exact) mass is 333 g/mol. The molecule has 128 valence electrons. The highest BCUT2D eigenvalue weighted by molar-refractivity contribution is 5.79. The maximum absolute atomic E-state index is 13.6. The van der Waals surface area contributed by atoms with Crippen LogP contribution in [0.25, 0.3) is 0 Å². The summed E-state index contributed by atoms with van der Waals surface area (Å²) < 4.78 is 26.8. The molecule has 2 aromatic carbocycles. The third-order valence-electron chi connectivity index (χ3n) is 3.38. The van der Waals surface area contributed by atoms with Gasteiger partial charge in [-0.2, -0.15) is 0 Å². The quantitative estimate of drug-likeness (QED) is 0.563. The predicted molar refractivity (Wildman–Crippen MR) is 91.0 cm³/mol. The lowest BCUT2D eigenvalue weighted by atomic mass is 10.1. The number of halogens is 2. The third-order valence-corrected chi connectivity index (χ3v) is 3.38. The van der Waals surface area contributed by atoms with Crippen LogP contribution in [0.1, 0.15) is 18.1 Å². The highest BCUT2D eigenvalue weighted by Crippen LogP contribution is 2.11. The molecule has 0 radical (unpaired) electrons. The fourth-order valence-electron chi connectivity index (χ4n) is 2.21. The molecule has 0 aliphatic carbocycles. The minimum absolute atomic E-state index is 0.0467. The Labute approximate surface area is 140 Å². The number of hydrogen-bond donors (Lipinski definition) is 3. The number of phenolic OH excluding ortho intramolecular Hbond substituents is 1. The highest BCUT2D eigenvalue weighted by atomic mass is 19.1. The van der Waals surface area contributed by atoms with E-state index in [2.05, 4.69) is 15.6 Å². The van der Waals surface area contributed by atoms with Gasteiger partial charge < -0.3 is 15.7 Å². The summed E-state index contributed by atoms with van der Waals surface area (Å²) in [6, 6.07) is 10.4. The molecule has 0 amide bonds. The normalized spacial score (nSPS) is 11.4. The van der Waals surface area contributed by atoms with E-state index in [4.69, 9.17) is 0 Å². The van der Waals surface area contributed by atoms with Gasteiger partial charge in [0.15, 0.2) is 5.96 Å². The molecule has 4 nitrogen and oxygen atoms in total. The van der Waals surface area contributed by atoms with Crippen LogP contribution in [0, 0.1) is 11.6 Å². The van der Waals surface area contributed by atoms with Gasteiger partial charge in [0.1, 0.15) is 17.4 Å². The van der Waals surface area contributed by atoms with E-state index in [-0.39, 0.29) is 17.9 Å². The Bertz CT molecular complexity index is 704. The smallest absolute Gasteiger partial charge is 0.191 e. The number of aliphatic imine (C=N–C) groups is 1. The van der Waals surface area contributed by atoms with Crippen molar-refractivity contribution in [3.05, 3.63) is 65.2 Å². The Morgan fingerprint density at radius 3 is 2.71 bits per heavy atom. The fourth-order valence-corrected chi connectivity index (χ4v) is 2.21. The summed E-state index contributed by atoms with van der Waals surface area (Å²) in [4.78, 5) is 4.27. The maximum atomic E-state index is 13.6. The van der Waals surface area contributed by atoms with Crippen molar-refractivity contribution in [1.82, 2.24) is 10.6 Å². The number of aromatic hydroxyl groups is 1. The fraction of sp³-hybridized carbons (Fsp3) is 0.278. The van der Waals surface area contributed by atoms with Crippen LogP contribution >= 0.6 is 0 Å². The van der Waals surface area contributed by atoms with Gasteiger partial charge in [-0.25, -0.2) is 13.8 Å². The SMILES string of the molecule is CCNC(=NCc1cc(F)ccc1F)NCCc1cccc(O)c1. The summed E-state index contributed by atoms with van der Waals surface area (Å²) in [5.74, 6) is -0.199. The van der Waals surface area contributed by atoms with Gasteiger partial charge in [0.2, 0.25) is 0 Å². The van der Waals surface area contributed by atoms with Gasteiger partial charge in [0.25, 0.3) is 0 Å². The van der Waals surface area contributed by atoms with Crippen molar-refractivity contribution < 1.29 is 13.9 Å². The molecule has 3 N–H and O–H groups in total. The molecule has 0 aliphatic rings. The first-order chi connectivity index (χ1) is 11.6. The summed E-state index contributed by atoms with van der Waals surface area (Å²) in [6.45, 7) is 3.23. The van der Waals surface area contributed by atoms with Crippen molar-refractivity contribution in [2.75, 3.05) is 13.1 Å². The molecule has 0 atom stereocenters. The zero-order valence-electron chi connectivity index (χ0n) is 13.5. The minimum Gasteiger partial charge on any atom is -0.508 e. The molecule has 0 bridgehead atoms. The summed E-state index contributed by atoms with van der Waals surface area (Å²) in [5.41, 5.74) is 1.20. The number of rotatable bonds is 6. The summed E-state index contributed by atoms with van der Waals surface area (Å²) in [6.07, 6.45) is 0.702. The summed E-state index contributed by atoms with van der Waals surface area (Å²) >= 11 is 0. The average Bonchev–Trinajstić information content (AvgIpc) is 2.55. The lowest BCUT2D eigenvalue weighted by Crippen LogP contribution is -2.38. The largest absolute Gasteiger partial charge is 0.508 e. The van der Waals surface area contributed by atoms with Crippen molar-refractivity contribution in [1.29, 1.82) is 0 Å². The van der Waals surface area contributed by atoms with Crippen LogP contribution in [-0.2, 0) is 13.0 Å². The topological polar surface area (TPSA) is 56.7 Å². The predicted octanol–water partition coefficient (Wildman–Crippen LogP) is 2.97. The minimum atomic E-state index is -0.483. The van der Waals surface area contributed by atoms with E-state index in [0.717, 1.165) is 23.8 Å². The molecule has 2 rings (SSSR count). The van der Waals surface area contributed by atoms with Crippen molar-refractivity contribution in [3.8, 4) is 5.75 Å². The second-order valence-electron chi connectivity index (χ2n) is 5.28. The Kier molecular flexibility index (Phi) is 6.54. The number of phenols is 1. The van der Waals surface area contributed by atoms with Crippen LogP contribution in [0.4, 0.5) is 8.78 Å². The van der Waals surface area contributed by atoms with Gasteiger partial charge in [-0.1, -0.05) is 12.1 Å². The van der Waals surface area contributed by atoms with E-state index in [1.165, 1.54) is 0 Å². The third kappa shape index (κ3) is 5.53. The van der Waals surface area contributed by atoms with E-state index in [1.807, 2.05) is 13.0 Å². The number of guanidine groups is 1. The van der Waals surface area contributed by atoms with E-state index < -0.39 is 11.6 Å². The molecule has 0 spiro atoms. The maximum Gasteiger partial charge on any atom is 0.191 e. The van der Waals surface area contributed by atoms with Crippen LogP contribution in [0.5, 0.6) is 5.75 Å². The molecule has 0 aliphatic heterocycles. The van der Waals surface area contributed by atoms with Crippen molar-refractivity contribution >= 4 is 5.96 Å². The zero-order valence-corrected chi connectivity index (χ0v) is 13.5. The Balaban J connectivity index is 1.94. The number of hydrogen-bond acceptors (Lipinski definition) is 2. The molecule has 0 fully saturated rings. The van der Waals surface area contributed by atoms with Crippen molar-refractivity contribution in [2.24, 2.45) is 4.99 Å². The van der Waals surface area contributed by atoms with Crippen LogP contribution in [0.15, 0.2) is 47.5 Å². The number of nitrogens with zero attached hydrogens (tertiary/aromatic N) is 1. The molecular weight excluding hydrogens is 312 g/mol. The van der Waals surface area contributed by atoms with E-state index in [1.54, 1.807) is 18.2 Å². The van der Waals surface area contributed by atoms with Gasteiger partial charge in [0.05, 0.1) is 6.54 Å². The lowest BCUT2D eigenvalue weighted by Gasteiger charge is -2.11. The first-order valence-electron chi connectivity index (χ1n) is 7.82. The summed E-state index contributed by atoms with van der Waals surface area (Å²) in [5, 5.41) is 15.6. The Morgan fingerprint density at radius 2 is 1.96 bits per heavy atom. The molecule has 24 heavy (non-hydrogen) atoms. The van der Waals surface area contributed by atoms with E-state index in [9.17, 15) is 13.9 Å². The Hall–Kier alpha value is -2.63. The molecule has 0 heterocycles. The van der Waals surface area contributed by atoms with Gasteiger partial charge in [-0.05, 0) is 49.2 Å². The zero-order chi connectivity index (χ0) is 17.4. The van der Waals surface area contributed by atoms with Crippen molar-refractivity contribution in [2.45, 2.75) is 19.9 Å². The first kappa shape index (κ1) is 17.7. The highest BCUT2D eigenvalue weighted by Gasteiger charge is 2.04. The number of benzene rings is 2. The van der Waals surface area contributed by atoms with E-state index in [0.29, 0.717) is 25.5 Å². The van der Waals surface area contributed by atoms with E-state index >= 15 is 0 Å². The molecule has 0 saturated heterocycles. The first-order valence-corrected chi connectivity index (χ1v) is 7.82. The van der Waals surface area contributed by atoms with Crippen LogP contribution in [0.2, 0.25) is 0 Å². The second-order valence-corrected chi connectivity index (χ2v) is 5.28. The summed E-state index contributed by atoms with van der Waals surface area (Å²) in [7, 11) is 0. The molecule has 0 saturated carbocycles. The van der Waals surface area contributed by atoms with Gasteiger partial charge in [-0.3, -0.25) is 0 Å². The van der Waals surface area contributed by atoms with Gasteiger partial charge in [-0.15, -0.1) is 0 Å². The molecular formula is C18H21F2N3O. The average molecular weight is 333 g/mol. The molecule has 0 aromatic heterocycles. The van der Waals surface area contributed by atoms with Crippen molar-refractivity contribution in [3.63, 3.8) is 0 Å². The molecule has 6 heteroatoms. The van der Waals surface area contributed by atoms with Crippen LogP contribution < -0.4 is 10.6 Å². The lowest BCUT2D eigenvalue weighted by molar-refractivity contribution is 0.474. The standard InChI is InChI=1S/C18H21F2N3O/c1-2-21-18(22-9-8-13-4-3-5-16(24)10-13)23-12-14-11-15(19)6-7-17(14)20/h3-7,10-11,24H,2,8-9,12H2,1H3,(H2,21,22,23). The molecule has 2 aromatic rings. The van der Waals surface area contributed by atoms with Gasteiger partial charge >= 0.3 is 0 Å². The Morgan fingerprint density at radius 1 is 1.12 bits per heavy atom. The van der Waals surface area contributed by atoms with Crippen LogP contribution in [0.3, 0.4) is 0 Å². The molecule has 0 unspecified atom stereocenters. The van der Waals surface area contributed by atoms with Gasteiger partial charge in [0, 0.05) is 18.7 Å². The number of nitrogens with one attached hydrogen (secondary N) is 2. The second kappa shape index (κ2) is 8.86.